The molecule has 2 rings (SSSR count). The lowest BCUT2D eigenvalue weighted by Crippen LogP contribution is -2.08. The number of aromatic nitrogens is 2. The van der Waals surface area contributed by atoms with E-state index in [0.717, 1.165) is 5.69 Å². The van der Waals surface area contributed by atoms with Crippen LogP contribution >= 0.6 is 0 Å². The maximum absolute atomic E-state index is 11.2. The van der Waals surface area contributed by atoms with Crippen molar-refractivity contribution in [3.8, 4) is 0 Å². The van der Waals surface area contributed by atoms with Gasteiger partial charge in [-0.25, -0.2) is 4.79 Å². The fourth-order valence-corrected chi connectivity index (χ4v) is 1.39. The van der Waals surface area contributed by atoms with E-state index < -0.39 is 5.69 Å². The summed E-state index contributed by atoms with van der Waals surface area (Å²) in [6.07, 6.45) is 2.95. The maximum atomic E-state index is 11.2. The lowest BCUT2D eigenvalue weighted by Gasteiger charge is -2.06. The second-order valence-electron chi connectivity index (χ2n) is 3.57. The summed E-state index contributed by atoms with van der Waals surface area (Å²) in [4.78, 5) is 28.0. The van der Waals surface area contributed by atoms with Gasteiger partial charge in [-0.05, 0) is 19.1 Å². The summed E-state index contributed by atoms with van der Waals surface area (Å²) >= 11 is 0. The van der Waals surface area contributed by atoms with Crippen LogP contribution in [0.2, 0.25) is 0 Å². The molecule has 2 N–H and O–H groups in total. The van der Waals surface area contributed by atoms with E-state index >= 15 is 0 Å². The Bertz CT molecular complexity index is 584. The number of carbonyl (C=O) groups excluding carboxylic acids is 1. The number of aromatic amines is 1. The van der Waals surface area contributed by atoms with E-state index in [1.165, 1.54) is 19.3 Å². The first-order valence-corrected chi connectivity index (χ1v) is 5.08. The largest absolute Gasteiger partial charge is 0.353 e. The van der Waals surface area contributed by atoms with Crippen LogP contribution in [0.1, 0.15) is 17.3 Å². The molecule has 5 nitrogen and oxygen atoms in total. The normalized spacial score (nSPS) is 9.94. The molecule has 86 valence electrons. The Balaban J connectivity index is 2.24. The molecule has 0 fully saturated rings. The van der Waals surface area contributed by atoms with Crippen LogP contribution in [0.25, 0.3) is 0 Å². The Morgan fingerprint density at radius 2 is 2.18 bits per heavy atom. The molecule has 2 aromatic rings. The summed E-state index contributed by atoms with van der Waals surface area (Å²) in [5, 5.41) is 3.04. The molecule has 0 bridgehead atoms. The Morgan fingerprint density at radius 1 is 1.35 bits per heavy atom. The molecule has 1 aromatic heterocycles. The zero-order valence-electron chi connectivity index (χ0n) is 9.23. The highest BCUT2D eigenvalue weighted by atomic mass is 16.1. The van der Waals surface area contributed by atoms with Crippen LogP contribution in [0.4, 0.5) is 11.4 Å². The summed E-state index contributed by atoms with van der Waals surface area (Å²) in [6.45, 7) is 1.51. The fourth-order valence-electron chi connectivity index (χ4n) is 1.39. The molecule has 1 heterocycles. The average molecular weight is 229 g/mol. The Hall–Kier alpha value is -2.43. The predicted molar refractivity (Wildman–Crippen MR) is 64.6 cm³/mol. The first kappa shape index (κ1) is 11.1. The molecule has 5 heteroatoms. The minimum atomic E-state index is -0.395. The topological polar surface area (TPSA) is 74.8 Å². The number of anilines is 2. The molecule has 0 aliphatic heterocycles. The van der Waals surface area contributed by atoms with Gasteiger partial charge in [0.05, 0.1) is 11.9 Å². The van der Waals surface area contributed by atoms with Gasteiger partial charge in [-0.15, -0.1) is 0 Å². The third-order valence-corrected chi connectivity index (χ3v) is 2.23. The molecule has 0 saturated heterocycles. The van der Waals surface area contributed by atoms with Gasteiger partial charge >= 0.3 is 5.69 Å². The van der Waals surface area contributed by atoms with Gasteiger partial charge in [0, 0.05) is 17.4 Å². The van der Waals surface area contributed by atoms with Crippen molar-refractivity contribution in [1.29, 1.82) is 0 Å². The lowest BCUT2D eigenvalue weighted by molar-refractivity contribution is 0.101. The van der Waals surface area contributed by atoms with Crippen molar-refractivity contribution in [2.75, 3.05) is 5.32 Å². The van der Waals surface area contributed by atoms with E-state index in [9.17, 15) is 9.59 Å². The summed E-state index contributed by atoms with van der Waals surface area (Å²) in [5.41, 5.74) is 1.66. The van der Waals surface area contributed by atoms with E-state index in [-0.39, 0.29) is 5.78 Å². The summed E-state index contributed by atoms with van der Waals surface area (Å²) in [7, 11) is 0. The number of nitrogens with zero attached hydrogens (tertiary/aromatic N) is 1. The highest BCUT2D eigenvalue weighted by Crippen LogP contribution is 2.15. The predicted octanol–water partition coefficient (Wildman–Crippen LogP) is 1.72. The quantitative estimate of drug-likeness (QED) is 0.786. The number of rotatable bonds is 3. The number of hydrogen-bond acceptors (Lipinski definition) is 4. The van der Waals surface area contributed by atoms with Crippen molar-refractivity contribution in [1.82, 2.24) is 9.97 Å². The molecule has 0 spiro atoms. The summed E-state index contributed by atoms with van der Waals surface area (Å²) < 4.78 is 0. The molecule has 17 heavy (non-hydrogen) atoms. The smallest absolute Gasteiger partial charge is 0.345 e. The van der Waals surface area contributed by atoms with Crippen LogP contribution in [-0.2, 0) is 0 Å². The van der Waals surface area contributed by atoms with Crippen molar-refractivity contribution >= 4 is 17.2 Å². The number of benzene rings is 1. The zero-order chi connectivity index (χ0) is 12.3. The second kappa shape index (κ2) is 4.61. The number of Topliss-reactive ketones (excluding diaryl/α,β-unsaturated/α-hetero) is 1. The highest BCUT2D eigenvalue weighted by Gasteiger charge is 2.00. The standard InChI is InChI=1S/C12H11N3O2/c1-8(16)9-3-2-4-10(5-9)15-11-6-13-12(17)14-7-11/h2-7,15H,1H3,(H,13,14,17). The van der Waals surface area contributed by atoms with Gasteiger partial charge in [0.1, 0.15) is 0 Å². The number of hydrogen-bond donors (Lipinski definition) is 2. The van der Waals surface area contributed by atoms with Crippen LogP contribution in [0, 0.1) is 0 Å². The number of carbonyl (C=O) groups is 1. The Morgan fingerprint density at radius 3 is 2.82 bits per heavy atom. The van der Waals surface area contributed by atoms with E-state index in [0.29, 0.717) is 11.3 Å². The van der Waals surface area contributed by atoms with Gasteiger partial charge < -0.3 is 10.3 Å². The minimum absolute atomic E-state index is 0.00763. The summed E-state index contributed by atoms with van der Waals surface area (Å²) in [5.74, 6) is 0.00763. The van der Waals surface area contributed by atoms with Crippen molar-refractivity contribution in [2.24, 2.45) is 0 Å². The van der Waals surface area contributed by atoms with E-state index in [1.807, 2.05) is 6.07 Å². The molecule has 0 aliphatic carbocycles. The molecular formula is C12H11N3O2. The van der Waals surface area contributed by atoms with Crippen molar-refractivity contribution in [3.63, 3.8) is 0 Å². The average Bonchev–Trinajstić information content (AvgIpc) is 2.32. The van der Waals surface area contributed by atoms with E-state index in [2.05, 4.69) is 15.3 Å². The second-order valence-corrected chi connectivity index (χ2v) is 3.57. The third-order valence-electron chi connectivity index (χ3n) is 2.23. The number of ketones is 1. The van der Waals surface area contributed by atoms with Gasteiger partial charge in [-0.1, -0.05) is 12.1 Å². The number of nitrogens with one attached hydrogen (secondary N) is 2. The minimum Gasteiger partial charge on any atom is -0.353 e. The van der Waals surface area contributed by atoms with Gasteiger partial charge in [-0.3, -0.25) is 4.79 Å². The molecule has 1 aromatic carbocycles. The van der Waals surface area contributed by atoms with Crippen molar-refractivity contribution in [2.45, 2.75) is 6.92 Å². The molecule has 0 atom stereocenters. The van der Waals surface area contributed by atoms with Crippen LogP contribution in [0.3, 0.4) is 0 Å². The number of H-pyrrole nitrogens is 1. The summed E-state index contributed by atoms with van der Waals surface area (Å²) in [6, 6.07) is 7.11. The molecule has 0 unspecified atom stereocenters. The molecule has 0 saturated carbocycles. The zero-order valence-corrected chi connectivity index (χ0v) is 9.23. The third kappa shape index (κ3) is 2.78. The van der Waals surface area contributed by atoms with Gasteiger partial charge in [0.25, 0.3) is 0 Å². The Kier molecular flexibility index (Phi) is 3.00. The lowest BCUT2D eigenvalue weighted by atomic mass is 10.1. The molecule has 0 aliphatic rings. The van der Waals surface area contributed by atoms with Gasteiger partial charge in [0.2, 0.25) is 0 Å². The van der Waals surface area contributed by atoms with Gasteiger partial charge in [0.15, 0.2) is 5.78 Å². The van der Waals surface area contributed by atoms with Crippen LogP contribution in [0.5, 0.6) is 0 Å². The monoisotopic (exact) mass is 229 g/mol. The van der Waals surface area contributed by atoms with Crippen molar-refractivity contribution < 1.29 is 4.79 Å². The Labute approximate surface area is 97.5 Å². The van der Waals surface area contributed by atoms with Crippen molar-refractivity contribution in [3.05, 3.63) is 52.7 Å². The van der Waals surface area contributed by atoms with Gasteiger partial charge in [-0.2, -0.15) is 4.98 Å². The SMILES string of the molecule is CC(=O)c1cccc(Nc2cnc(=O)[nH]c2)c1. The molecular weight excluding hydrogens is 218 g/mol. The first-order valence-electron chi connectivity index (χ1n) is 5.08. The van der Waals surface area contributed by atoms with Crippen LogP contribution in [-0.4, -0.2) is 15.8 Å². The van der Waals surface area contributed by atoms with Crippen LogP contribution < -0.4 is 11.0 Å². The van der Waals surface area contributed by atoms with E-state index in [4.69, 9.17) is 0 Å². The maximum Gasteiger partial charge on any atom is 0.345 e. The highest BCUT2D eigenvalue weighted by molar-refractivity contribution is 5.95. The van der Waals surface area contributed by atoms with Crippen LogP contribution in [0.15, 0.2) is 41.5 Å². The molecule has 0 amide bonds. The molecule has 0 radical (unpaired) electrons. The fraction of sp³-hybridized carbons (Fsp3) is 0.0833. The first-order chi connectivity index (χ1) is 8.15. The van der Waals surface area contributed by atoms with E-state index in [1.54, 1.807) is 18.2 Å².